The van der Waals surface area contributed by atoms with E-state index in [0.717, 1.165) is 38.6 Å². The van der Waals surface area contributed by atoms with Crippen LogP contribution < -0.4 is 20.7 Å². The fraction of sp³-hybridized carbons (Fsp3) is 0.735. The lowest BCUT2D eigenvalue weighted by Gasteiger charge is -2.54. The standard InChI is InChI=1S/C34H52N6O6/c1-23(10-9-15-36-5)19-45-27-18-26(39-16-17-40(31(43)46-32(2,3)4)33(20-39)21-44-22-33)37-30(38-27)28(35)24-11-8-14-34(29(24)42)13-7-6-12-25(34)41/h18,23,36H,6-17,19-22,35H2,1-5H3/b28-24-/t23-,34+/m0/s1. The molecule has 2 atom stereocenters. The van der Waals surface area contributed by atoms with Crippen LogP contribution in [0.2, 0.25) is 0 Å². The molecule has 2 spiro atoms. The number of amides is 1. The van der Waals surface area contributed by atoms with Gasteiger partial charge in [0.15, 0.2) is 11.6 Å². The molecule has 0 radical (unpaired) electrons. The highest BCUT2D eigenvalue weighted by Crippen LogP contribution is 2.45. The molecular weight excluding hydrogens is 588 g/mol. The minimum absolute atomic E-state index is 0.0376. The molecule has 0 unspecified atom stereocenters. The van der Waals surface area contributed by atoms with Crippen LogP contribution in [-0.4, -0.2) is 96.7 Å². The van der Waals surface area contributed by atoms with E-state index in [4.69, 9.17) is 29.9 Å². The van der Waals surface area contributed by atoms with E-state index in [1.165, 1.54) is 0 Å². The van der Waals surface area contributed by atoms with E-state index in [1.54, 1.807) is 4.90 Å². The first-order chi connectivity index (χ1) is 21.9. The summed E-state index contributed by atoms with van der Waals surface area (Å²) in [5, 5.41) is 3.18. The number of allylic oxidation sites excluding steroid dienone is 1. The Morgan fingerprint density at radius 3 is 2.57 bits per heavy atom. The van der Waals surface area contributed by atoms with Crippen LogP contribution in [0, 0.1) is 11.3 Å². The molecule has 46 heavy (non-hydrogen) atoms. The molecule has 2 saturated carbocycles. The summed E-state index contributed by atoms with van der Waals surface area (Å²) in [4.78, 5) is 53.7. The minimum Gasteiger partial charge on any atom is -0.477 e. The normalized spacial score (nSPS) is 25.0. The molecule has 1 aromatic rings. The summed E-state index contributed by atoms with van der Waals surface area (Å²) >= 11 is 0. The summed E-state index contributed by atoms with van der Waals surface area (Å²) in [6, 6.07) is 1.81. The number of rotatable bonds is 9. The molecular formula is C34H52N6O6. The van der Waals surface area contributed by atoms with E-state index in [0.29, 0.717) is 88.3 Å². The van der Waals surface area contributed by atoms with Gasteiger partial charge in [-0.1, -0.05) is 13.3 Å². The molecule has 4 aliphatic rings. The van der Waals surface area contributed by atoms with Crippen LogP contribution in [0.25, 0.3) is 5.70 Å². The van der Waals surface area contributed by atoms with Crippen LogP contribution in [-0.2, 0) is 19.1 Å². The lowest BCUT2D eigenvalue weighted by atomic mass is 9.62. The summed E-state index contributed by atoms with van der Waals surface area (Å²) < 4.78 is 17.6. The number of anilines is 1. The molecule has 4 fully saturated rings. The van der Waals surface area contributed by atoms with Crippen molar-refractivity contribution in [2.45, 2.75) is 96.6 Å². The maximum absolute atomic E-state index is 13.9. The fourth-order valence-electron chi connectivity index (χ4n) is 7.14. The van der Waals surface area contributed by atoms with E-state index >= 15 is 0 Å². The number of carbonyl (C=O) groups is 3. The molecule has 12 heteroatoms. The molecule has 5 rings (SSSR count). The predicted octanol–water partition coefficient (Wildman–Crippen LogP) is 3.87. The van der Waals surface area contributed by atoms with Crippen molar-refractivity contribution >= 4 is 29.2 Å². The van der Waals surface area contributed by atoms with Crippen LogP contribution in [0.4, 0.5) is 10.6 Å². The number of hydrogen-bond donors (Lipinski definition) is 2. The second-order valence-corrected chi connectivity index (χ2v) is 14.6. The average molecular weight is 641 g/mol. The number of aromatic nitrogens is 2. The van der Waals surface area contributed by atoms with Crippen molar-refractivity contribution in [1.82, 2.24) is 20.2 Å². The van der Waals surface area contributed by atoms with Crippen LogP contribution in [0.1, 0.15) is 91.3 Å². The van der Waals surface area contributed by atoms with Gasteiger partial charge in [-0.25, -0.2) is 9.78 Å². The van der Waals surface area contributed by atoms with Crippen molar-refractivity contribution in [3.05, 3.63) is 17.5 Å². The highest BCUT2D eigenvalue weighted by Gasteiger charge is 2.52. The topological polar surface area (TPSA) is 149 Å². The van der Waals surface area contributed by atoms with Gasteiger partial charge < -0.3 is 30.2 Å². The van der Waals surface area contributed by atoms with Gasteiger partial charge in [-0.2, -0.15) is 4.98 Å². The Hall–Kier alpha value is -3.25. The third kappa shape index (κ3) is 7.17. The fourth-order valence-corrected chi connectivity index (χ4v) is 7.14. The Balaban J connectivity index is 1.45. The zero-order chi connectivity index (χ0) is 33.1. The Morgan fingerprint density at radius 1 is 1.13 bits per heavy atom. The second-order valence-electron chi connectivity index (χ2n) is 14.6. The van der Waals surface area contributed by atoms with Gasteiger partial charge in [-0.15, -0.1) is 0 Å². The smallest absolute Gasteiger partial charge is 0.411 e. The molecule has 2 aliphatic carbocycles. The molecule has 0 aromatic carbocycles. The lowest BCUT2D eigenvalue weighted by Crippen LogP contribution is -2.73. The van der Waals surface area contributed by atoms with Gasteiger partial charge in [-0.3, -0.25) is 14.5 Å². The molecule has 254 valence electrons. The number of ketones is 2. The van der Waals surface area contributed by atoms with Gasteiger partial charge >= 0.3 is 6.09 Å². The Kier molecular flexibility index (Phi) is 10.3. The van der Waals surface area contributed by atoms with Crippen molar-refractivity contribution in [3.8, 4) is 5.88 Å². The average Bonchev–Trinajstić information content (AvgIpc) is 3.00. The summed E-state index contributed by atoms with van der Waals surface area (Å²) in [5.41, 5.74) is 5.30. The van der Waals surface area contributed by atoms with Crippen molar-refractivity contribution < 1.29 is 28.6 Å². The number of nitrogens with two attached hydrogens (primary N) is 1. The molecule has 1 aromatic heterocycles. The zero-order valence-corrected chi connectivity index (χ0v) is 28.3. The summed E-state index contributed by atoms with van der Waals surface area (Å²) in [5.74, 6) is 1.39. The van der Waals surface area contributed by atoms with Gasteiger partial charge in [-0.05, 0) is 85.2 Å². The predicted molar refractivity (Wildman–Crippen MR) is 174 cm³/mol. The number of nitrogens with one attached hydrogen (secondary N) is 1. The van der Waals surface area contributed by atoms with Crippen molar-refractivity contribution in [1.29, 1.82) is 0 Å². The molecule has 3 heterocycles. The second kappa shape index (κ2) is 13.9. The molecule has 2 aliphatic heterocycles. The summed E-state index contributed by atoms with van der Waals surface area (Å²) in [7, 11) is 1.94. The van der Waals surface area contributed by atoms with Crippen molar-refractivity contribution in [3.63, 3.8) is 0 Å². The van der Waals surface area contributed by atoms with Gasteiger partial charge in [0.05, 0.1) is 30.9 Å². The lowest BCUT2D eigenvalue weighted by molar-refractivity contribution is -0.143. The quantitative estimate of drug-likeness (QED) is 0.230. The SMILES string of the molecule is CNCCC[C@H](C)COc1cc(N2CCN(C(=O)OC(C)(C)C)C3(COC3)C2)nc(/C(N)=C2\CCC[C@@]3(CCCCC3=O)C2=O)n1. The highest BCUT2D eigenvalue weighted by atomic mass is 16.6. The van der Waals surface area contributed by atoms with Gasteiger partial charge in [0, 0.05) is 37.7 Å². The van der Waals surface area contributed by atoms with Crippen LogP contribution in [0.5, 0.6) is 5.88 Å². The van der Waals surface area contributed by atoms with Crippen LogP contribution in [0.15, 0.2) is 11.6 Å². The largest absolute Gasteiger partial charge is 0.477 e. The minimum atomic E-state index is -0.967. The monoisotopic (exact) mass is 640 g/mol. The number of carbonyl (C=O) groups excluding carboxylic acids is 3. The van der Waals surface area contributed by atoms with Gasteiger partial charge in [0.2, 0.25) is 5.88 Å². The van der Waals surface area contributed by atoms with Gasteiger partial charge in [0.25, 0.3) is 0 Å². The third-order valence-corrected chi connectivity index (χ3v) is 9.76. The third-order valence-electron chi connectivity index (χ3n) is 9.76. The van der Waals surface area contributed by atoms with Gasteiger partial charge in [0.1, 0.15) is 22.7 Å². The number of piperazine rings is 1. The molecule has 2 saturated heterocycles. The first kappa shape index (κ1) is 34.1. The number of nitrogens with zero attached hydrogens (tertiary/aromatic N) is 4. The van der Waals surface area contributed by atoms with E-state index < -0.39 is 16.6 Å². The number of ether oxygens (including phenoxy) is 3. The van der Waals surface area contributed by atoms with Crippen LogP contribution >= 0.6 is 0 Å². The Labute approximate surface area is 272 Å². The molecule has 0 bridgehead atoms. The van der Waals surface area contributed by atoms with Crippen LogP contribution in [0.3, 0.4) is 0 Å². The molecule has 12 nitrogen and oxygen atoms in total. The summed E-state index contributed by atoms with van der Waals surface area (Å²) in [6.07, 6.45) is 6.17. The van der Waals surface area contributed by atoms with E-state index in [-0.39, 0.29) is 29.2 Å². The van der Waals surface area contributed by atoms with E-state index in [9.17, 15) is 14.4 Å². The Bertz CT molecular complexity index is 1330. The maximum Gasteiger partial charge on any atom is 0.411 e. The van der Waals surface area contributed by atoms with Crippen molar-refractivity contribution in [2.24, 2.45) is 17.1 Å². The molecule has 1 amide bonds. The first-order valence-electron chi connectivity index (χ1n) is 16.9. The zero-order valence-electron chi connectivity index (χ0n) is 28.3. The van der Waals surface area contributed by atoms with Crippen molar-refractivity contribution in [2.75, 3.05) is 57.9 Å². The van der Waals surface area contributed by atoms with E-state index in [2.05, 4.69) is 17.1 Å². The first-order valence-corrected chi connectivity index (χ1v) is 16.9. The highest BCUT2D eigenvalue weighted by molar-refractivity contribution is 6.17. The number of hydrogen-bond acceptors (Lipinski definition) is 11. The maximum atomic E-state index is 13.9. The summed E-state index contributed by atoms with van der Waals surface area (Å²) in [6.45, 7) is 11.3. The Morgan fingerprint density at radius 2 is 1.89 bits per heavy atom. The molecule has 3 N–H and O–H groups in total. The number of Topliss-reactive ketones (excluding diaryl/α,β-unsaturated/α-hetero) is 2. The van der Waals surface area contributed by atoms with E-state index in [1.807, 2.05) is 33.9 Å².